The largest absolute Gasteiger partial charge is 0.367 e. The van der Waals surface area contributed by atoms with Gasteiger partial charge < -0.3 is 32.5 Å². The number of methoxy groups -OCH3 is 5. The molecule has 0 aromatic carbocycles. The first-order chi connectivity index (χ1) is 9.49. The van der Waals surface area contributed by atoms with Gasteiger partial charge in [-0.05, 0) is 0 Å². The average molecular weight is 322 g/mol. The van der Waals surface area contributed by atoms with Gasteiger partial charge in [-0.15, -0.1) is 0 Å². The molecule has 0 aliphatic rings. The third-order valence-corrected chi connectivity index (χ3v) is 3.79. The number of hydrogen-bond acceptors (Lipinski definition) is 7. The van der Waals surface area contributed by atoms with Crippen LogP contribution in [0.1, 0.15) is 19.8 Å². The Morgan fingerprint density at radius 3 is 1.40 bits per heavy atom. The van der Waals surface area contributed by atoms with E-state index in [1.54, 1.807) is 0 Å². The molecule has 20 heavy (non-hydrogen) atoms. The fourth-order valence-corrected chi connectivity index (χ4v) is 2.90. The summed E-state index contributed by atoms with van der Waals surface area (Å²) >= 11 is 0. The molecular formula is C11H22O7Si2. The van der Waals surface area contributed by atoms with Crippen LogP contribution in [0.2, 0.25) is 0 Å². The first-order valence-corrected chi connectivity index (χ1v) is 6.76. The second kappa shape index (κ2) is 8.56. The molecule has 0 atom stereocenters. The first kappa shape index (κ1) is 20.2. The highest BCUT2D eigenvalue weighted by Crippen LogP contribution is 2.44. The molecule has 0 heterocycles. The lowest BCUT2D eigenvalue weighted by Gasteiger charge is -2.52. The Morgan fingerprint density at radius 1 is 0.750 bits per heavy atom. The van der Waals surface area contributed by atoms with E-state index in [2.05, 4.69) is 21.0 Å². The smallest absolute Gasteiger partial charge is 0.326 e. The van der Waals surface area contributed by atoms with E-state index in [1.807, 2.05) is 6.92 Å². The second-order valence-electron chi connectivity index (χ2n) is 3.90. The van der Waals surface area contributed by atoms with Crippen LogP contribution in [0.15, 0.2) is 0 Å². The Bertz CT molecular complexity index is 257. The minimum Gasteiger partial charge on any atom is -0.367 e. The van der Waals surface area contributed by atoms with Crippen molar-refractivity contribution >= 4 is 21.0 Å². The van der Waals surface area contributed by atoms with Gasteiger partial charge >= 0.3 is 11.8 Å². The zero-order valence-corrected chi connectivity index (χ0v) is 14.8. The summed E-state index contributed by atoms with van der Waals surface area (Å²) in [5.41, 5.74) is 0. The Kier molecular flexibility index (Phi) is 8.63. The van der Waals surface area contributed by atoms with Crippen LogP contribution in [0.25, 0.3) is 0 Å². The van der Waals surface area contributed by atoms with E-state index in [-0.39, 0.29) is 0 Å². The lowest BCUT2D eigenvalue weighted by Crippen LogP contribution is -2.73. The van der Waals surface area contributed by atoms with Crippen LogP contribution in [-0.4, -0.2) is 74.1 Å². The van der Waals surface area contributed by atoms with Gasteiger partial charge in [0, 0.05) is 42.0 Å². The fraction of sp³-hybridized carbons (Fsp3) is 1.00. The Hall–Kier alpha value is 0.154. The normalized spacial score (nSPS) is 13.8. The summed E-state index contributed by atoms with van der Waals surface area (Å²) in [6, 6.07) is 0. The van der Waals surface area contributed by atoms with Gasteiger partial charge in [-0.25, -0.2) is 0 Å². The highest BCUT2D eigenvalue weighted by Gasteiger charge is 2.69. The van der Waals surface area contributed by atoms with E-state index in [9.17, 15) is 0 Å². The van der Waals surface area contributed by atoms with Crippen molar-refractivity contribution in [2.24, 2.45) is 0 Å². The number of hydrogen-bond donors (Lipinski definition) is 0. The minimum absolute atomic E-state index is 0.429. The monoisotopic (exact) mass is 322 g/mol. The van der Waals surface area contributed by atoms with Gasteiger partial charge in [-0.1, -0.05) is 13.3 Å². The third-order valence-electron chi connectivity index (χ3n) is 3.26. The van der Waals surface area contributed by atoms with Crippen molar-refractivity contribution in [2.75, 3.05) is 35.5 Å². The molecule has 0 saturated heterocycles. The highest BCUT2D eigenvalue weighted by molar-refractivity contribution is 6.00. The van der Waals surface area contributed by atoms with E-state index >= 15 is 0 Å². The van der Waals surface area contributed by atoms with Gasteiger partial charge in [-0.2, -0.15) is 0 Å². The highest BCUT2D eigenvalue weighted by atomic mass is 28.2. The summed E-state index contributed by atoms with van der Waals surface area (Å²) in [6.45, 7) is 1.96. The summed E-state index contributed by atoms with van der Waals surface area (Å²) < 4.78 is 37.7. The molecule has 116 valence electrons. The predicted octanol–water partition coefficient (Wildman–Crippen LogP) is 0.265. The molecule has 0 bridgehead atoms. The maximum atomic E-state index is 5.53. The summed E-state index contributed by atoms with van der Waals surface area (Å²) in [6.07, 6.45) is 1.15. The minimum atomic E-state index is -1.84. The van der Waals surface area contributed by atoms with Gasteiger partial charge in [0.1, 0.15) is 0 Å². The van der Waals surface area contributed by atoms with Crippen LogP contribution in [0, 0.1) is 0 Å². The van der Waals surface area contributed by atoms with Crippen LogP contribution in [0.3, 0.4) is 0 Å². The van der Waals surface area contributed by atoms with E-state index in [0.717, 1.165) is 6.42 Å². The third kappa shape index (κ3) is 2.87. The molecule has 0 aromatic rings. The van der Waals surface area contributed by atoms with Crippen molar-refractivity contribution in [1.82, 2.24) is 0 Å². The van der Waals surface area contributed by atoms with Crippen molar-refractivity contribution in [3.63, 3.8) is 0 Å². The molecule has 0 fully saturated rings. The number of rotatable bonds is 11. The van der Waals surface area contributed by atoms with E-state index in [1.165, 1.54) is 35.5 Å². The van der Waals surface area contributed by atoms with Gasteiger partial charge in [0.15, 0.2) is 0 Å². The lowest BCUT2D eigenvalue weighted by molar-refractivity contribution is -0.510. The summed E-state index contributed by atoms with van der Waals surface area (Å²) in [7, 11) is 12.9. The molecule has 0 N–H and O–H groups in total. The first-order valence-electron chi connectivity index (χ1n) is 5.94. The average Bonchev–Trinajstić information content (AvgIpc) is 2.51. The molecule has 0 amide bonds. The molecule has 0 aromatic heterocycles. The van der Waals surface area contributed by atoms with Gasteiger partial charge in [0.05, 0.1) is 0 Å². The Morgan fingerprint density at radius 2 is 1.20 bits per heavy atom. The Balaban J connectivity index is 6.13. The van der Waals surface area contributed by atoms with Gasteiger partial charge in [0.2, 0.25) is 5.79 Å². The summed E-state index contributed by atoms with van der Waals surface area (Å²) in [4.78, 5) is 0. The summed E-state index contributed by atoms with van der Waals surface area (Å²) in [5, 5.41) is 0. The molecule has 6 radical (unpaired) electrons. The van der Waals surface area contributed by atoms with Crippen LogP contribution >= 0.6 is 0 Å². The van der Waals surface area contributed by atoms with Crippen LogP contribution in [0.4, 0.5) is 0 Å². The van der Waals surface area contributed by atoms with Crippen molar-refractivity contribution in [3.05, 3.63) is 0 Å². The SMILES string of the molecule is CCCC(OC)(OC)C(OC)(OC)C(OC)(O[Si])O[Si]. The topological polar surface area (TPSA) is 64.6 Å². The molecule has 0 rings (SSSR count). The maximum Gasteiger partial charge on any atom is 0.326 e. The molecule has 0 aliphatic heterocycles. The second-order valence-corrected chi connectivity index (χ2v) is 4.31. The van der Waals surface area contributed by atoms with Gasteiger partial charge in [0.25, 0.3) is 21.0 Å². The summed E-state index contributed by atoms with van der Waals surface area (Å²) in [5.74, 6) is -4.89. The molecule has 0 saturated carbocycles. The zero-order valence-electron chi connectivity index (χ0n) is 12.8. The lowest BCUT2D eigenvalue weighted by atomic mass is 9.97. The number of ether oxygens (including phenoxy) is 5. The quantitative estimate of drug-likeness (QED) is 0.399. The molecule has 0 spiro atoms. The molecular weight excluding hydrogens is 300 g/mol. The molecule has 9 heteroatoms. The standard InChI is InChI=1S/C11H22O7Si2/c1-7-8-9(12-2,13-3)10(14-4,15-5)11(16-6,17-19)18-20/h7-8H2,1-6H3. The van der Waals surface area contributed by atoms with Crippen molar-refractivity contribution in [1.29, 1.82) is 0 Å². The van der Waals surface area contributed by atoms with Gasteiger partial charge in [-0.3, -0.25) is 0 Å². The van der Waals surface area contributed by atoms with E-state index < -0.39 is 17.5 Å². The fourth-order valence-electron chi connectivity index (χ4n) is 2.30. The molecule has 0 unspecified atom stereocenters. The van der Waals surface area contributed by atoms with E-state index in [0.29, 0.717) is 6.42 Å². The Labute approximate surface area is 127 Å². The van der Waals surface area contributed by atoms with Crippen LogP contribution in [0.5, 0.6) is 0 Å². The van der Waals surface area contributed by atoms with Crippen LogP contribution < -0.4 is 0 Å². The van der Waals surface area contributed by atoms with Crippen molar-refractivity contribution in [2.45, 2.75) is 37.3 Å². The molecule has 0 aliphatic carbocycles. The van der Waals surface area contributed by atoms with Crippen molar-refractivity contribution < 1.29 is 32.5 Å². The zero-order chi connectivity index (χ0) is 15.9. The predicted molar refractivity (Wildman–Crippen MR) is 71.8 cm³/mol. The van der Waals surface area contributed by atoms with Crippen LogP contribution in [-0.2, 0) is 32.5 Å². The van der Waals surface area contributed by atoms with E-state index in [4.69, 9.17) is 32.5 Å². The van der Waals surface area contributed by atoms with Crippen molar-refractivity contribution in [3.8, 4) is 0 Å². The maximum absolute atomic E-state index is 5.53. The molecule has 7 nitrogen and oxygen atoms in total.